The average molecular weight is 443 g/mol. The molecule has 0 saturated carbocycles. The Morgan fingerprint density at radius 3 is 2.59 bits per heavy atom. The molecule has 0 spiro atoms. The van der Waals surface area contributed by atoms with Gasteiger partial charge in [0, 0.05) is 40.0 Å². The molecule has 0 bridgehead atoms. The van der Waals surface area contributed by atoms with Gasteiger partial charge in [0.05, 0.1) is 0 Å². The number of para-hydroxylation sites is 2. The number of carbonyl (C=O) groups is 1. The quantitative estimate of drug-likeness (QED) is 0.353. The van der Waals surface area contributed by atoms with E-state index in [0.29, 0.717) is 16.0 Å². The van der Waals surface area contributed by atoms with Gasteiger partial charge in [0.2, 0.25) is 0 Å². The number of aromatic nitrogens is 1. The summed E-state index contributed by atoms with van der Waals surface area (Å²) in [4.78, 5) is 28.6. The van der Waals surface area contributed by atoms with Crippen molar-refractivity contribution in [1.82, 2.24) is 10.3 Å². The summed E-state index contributed by atoms with van der Waals surface area (Å²) in [7, 11) is 0. The van der Waals surface area contributed by atoms with E-state index in [0.717, 1.165) is 22.0 Å². The number of hydrogen-bond acceptors (Lipinski definition) is 3. The summed E-state index contributed by atoms with van der Waals surface area (Å²) >= 11 is 6.52. The summed E-state index contributed by atoms with van der Waals surface area (Å²) in [5.41, 5.74) is 2.66. The molecule has 5 aromatic rings. The normalized spacial score (nSPS) is 12.2. The average Bonchev–Trinajstić information content (AvgIpc) is 3.24. The predicted octanol–water partition coefficient (Wildman–Crippen LogP) is 5.49. The summed E-state index contributed by atoms with van der Waals surface area (Å²) in [5.74, 6) is -0.697. The van der Waals surface area contributed by atoms with E-state index in [1.807, 2.05) is 60.8 Å². The van der Waals surface area contributed by atoms with Crippen LogP contribution in [0.5, 0.6) is 0 Å². The van der Waals surface area contributed by atoms with E-state index < -0.39 is 11.5 Å². The molecule has 2 N–H and O–H groups in total. The van der Waals surface area contributed by atoms with Crippen LogP contribution < -0.4 is 10.9 Å². The highest BCUT2D eigenvalue weighted by Crippen LogP contribution is 2.34. The minimum Gasteiger partial charge on any atom is -0.422 e. The van der Waals surface area contributed by atoms with Gasteiger partial charge in [0.25, 0.3) is 5.91 Å². The third-order valence-electron chi connectivity index (χ3n) is 5.63. The molecule has 0 unspecified atom stereocenters. The van der Waals surface area contributed by atoms with E-state index in [4.69, 9.17) is 16.0 Å². The maximum atomic E-state index is 13.0. The molecule has 32 heavy (non-hydrogen) atoms. The van der Waals surface area contributed by atoms with Gasteiger partial charge in [-0.05, 0) is 35.4 Å². The van der Waals surface area contributed by atoms with Gasteiger partial charge < -0.3 is 14.7 Å². The fourth-order valence-corrected chi connectivity index (χ4v) is 4.31. The Kier molecular flexibility index (Phi) is 5.25. The van der Waals surface area contributed by atoms with Crippen LogP contribution in [-0.2, 0) is 0 Å². The lowest BCUT2D eigenvalue weighted by molar-refractivity contribution is 0.0949. The molecule has 5 nitrogen and oxygen atoms in total. The molecular formula is C26H19ClN2O3. The maximum Gasteiger partial charge on any atom is 0.349 e. The third-order valence-corrected chi connectivity index (χ3v) is 5.97. The van der Waals surface area contributed by atoms with Gasteiger partial charge in [-0.3, -0.25) is 4.79 Å². The number of aromatic amines is 1. The molecule has 6 heteroatoms. The van der Waals surface area contributed by atoms with E-state index in [9.17, 15) is 9.59 Å². The molecule has 2 aromatic heterocycles. The molecule has 158 valence electrons. The molecule has 0 radical (unpaired) electrons. The molecule has 3 aromatic carbocycles. The van der Waals surface area contributed by atoms with E-state index in [1.54, 1.807) is 24.3 Å². The highest BCUT2D eigenvalue weighted by molar-refractivity contribution is 6.31. The highest BCUT2D eigenvalue weighted by Gasteiger charge is 2.22. The molecule has 0 aliphatic carbocycles. The first-order chi connectivity index (χ1) is 15.6. The second-order valence-corrected chi connectivity index (χ2v) is 7.97. The van der Waals surface area contributed by atoms with Gasteiger partial charge in [-0.1, -0.05) is 66.2 Å². The first-order valence-electron chi connectivity index (χ1n) is 10.2. The first kappa shape index (κ1) is 20.1. The topological polar surface area (TPSA) is 75.1 Å². The number of rotatable bonds is 5. The predicted molar refractivity (Wildman–Crippen MR) is 126 cm³/mol. The lowest BCUT2D eigenvalue weighted by atomic mass is 9.90. The summed E-state index contributed by atoms with van der Waals surface area (Å²) in [6.07, 6.45) is 1.94. The lowest BCUT2D eigenvalue weighted by Gasteiger charge is -2.19. The smallest absolute Gasteiger partial charge is 0.349 e. The molecule has 2 heterocycles. The number of carbonyl (C=O) groups excluding carboxylic acids is 1. The summed E-state index contributed by atoms with van der Waals surface area (Å²) < 4.78 is 5.31. The van der Waals surface area contributed by atoms with Crippen molar-refractivity contribution in [2.24, 2.45) is 0 Å². The van der Waals surface area contributed by atoms with Gasteiger partial charge in [0.1, 0.15) is 11.1 Å². The molecule has 5 rings (SSSR count). The fraction of sp³-hybridized carbons (Fsp3) is 0.0769. The van der Waals surface area contributed by atoms with E-state index in [-0.39, 0.29) is 18.0 Å². The van der Waals surface area contributed by atoms with Gasteiger partial charge in [-0.2, -0.15) is 0 Å². The van der Waals surface area contributed by atoms with Crippen LogP contribution in [0.2, 0.25) is 5.02 Å². The highest BCUT2D eigenvalue weighted by atomic mass is 35.5. The Bertz CT molecular complexity index is 1500. The van der Waals surface area contributed by atoms with E-state index in [2.05, 4.69) is 10.3 Å². The zero-order chi connectivity index (χ0) is 22.1. The van der Waals surface area contributed by atoms with Crippen molar-refractivity contribution in [3.8, 4) is 0 Å². The third kappa shape index (κ3) is 3.67. The minimum atomic E-state index is -0.664. The van der Waals surface area contributed by atoms with Crippen molar-refractivity contribution >= 4 is 39.4 Å². The van der Waals surface area contributed by atoms with Crippen LogP contribution in [0.4, 0.5) is 0 Å². The van der Waals surface area contributed by atoms with E-state index >= 15 is 0 Å². The number of halogens is 1. The Hall–Kier alpha value is -3.83. The zero-order valence-electron chi connectivity index (χ0n) is 17.0. The van der Waals surface area contributed by atoms with Crippen LogP contribution in [-0.4, -0.2) is 17.4 Å². The molecule has 0 saturated heterocycles. The van der Waals surface area contributed by atoms with Crippen LogP contribution >= 0.6 is 11.6 Å². The minimum absolute atomic E-state index is 0.0273. The molecule has 1 amide bonds. The standard InChI is InChI=1S/C26H19ClN2O3/c27-22-10-4-2-8-17(22)20(21-14-28-23-11-5-3-9-18(21)23)15-29-25(30)19-13-16-7-1-6-12-24(16)32-26(19)31/h1-14,20,28H,15H2,(H,29,30)/t20-/m0/s1. The molecule has 0 fully saturated rings. The number of benzene rings is 3. The van der Waals surface area contributed by atoms with Crippen LogP contribution in [0, 0.1) is 0 Å². The lowest BCUT2D eigenvalue weighted by Crippen LogP contribution is -2.32. The van der Waals surface area contributed by atoms with Gasteiger partial charge in [-0.15, -0.1) is 0 Å². The fourth-order valence-electron chi connectivity index (χ4n) is 4.04. The SMILES string of the molecule is O=C(NC[C@@H](c1ccccc1Cl)c1c[nH]c2ccccc12)c1cc2ccccc2oc1=O. The molecular weight excluding hydrogens is 424 g/mol. The van der Waals surface area contributed by atoms with Gasteiger partial charge in [-0.25, -0.2) is 4.79 Å². The van der Waals surface area contributed by atoms with Crippen LogP contribution in [0.25, 0.3) is 21.9 Å². The molecule has 0 aliphatic rings. The zero-order valence-corrected chi connectivity index (χ0v) is 17.7. The second-order valence-electron chi connectivity index (χ2n) is 7.56. The molecule has 1 atom stereocenters. The van der Waals surface area contributed by atoms with Crippen molar-refractivity contribution in [3.63, 3.8) is 0 Å². The number of amides is 1. The summed E-state index contributed by atoms with van der Waals surface area (Å²) in [5, 5.41) is 5.27. The summed E-state index contributed by atoms with van der Waals surface area (Å²) in [6, 6.07) is 24.2. The Labute approximate surface area is 188 Å². The maximum absolute atomic E-state index is 13.0. The summed E-state index contributed by atoms with van der Waals surface area (Å²) in [6.45, 7) is 0.261. The Morgan fingerprint density at radius 2 is 1.72 bits per heavy atom. The van der Waals surface area contributed by atoms with E-state index in [1.165, 1.54) is 0 Å². The second kappa shape index (κ2) is 8.36. The monoisotopic (exact) mass is 442 g/mol. The van der Waals surface area contributed by atoms with Crippen molar-refractivity contribution in [1.29, 1.82) is 0 Å². The number of H-pyrrole nitrogens is 1. The van der Waals surface area contributed by atoms with Crippen molar-refractivity contribution in [2.45, 2.75) is 5.92 Å². The number of hydrogen-bond donors (Lipinski definition) is 2. The Balaban J connectivity index is 1.50. The van der Waals surface area contributed by atoms with Crippen molar-refractivity contribution < 1.29 is 9.21 Å². The Morgan fingerprint density at radius 1 is 0.969 bits per heavy atom. The van der Waals surface area contributed by atoms with Crippen molar-refractivity contribution in [2.75, 3.05) is 6.54 Å². The molecule has 0 aliphatic heterocycles. The first-order valence-corrected chi connectivity index (χ1v) is 10.6. The van der Waals surface area contributed by atoms with Crippen LogP contribution in [0.1, 0.15) is 27.4 Å². The van der Waals surface area contributed by atoms with Crippen LogP contribution in [0.15, 0.2) is 94.3 Å². The largest absolute Gasteiger partial charge is 0.422 e. The van der Waals surface area contributed by atoms with Gasteiger partial charge in [0.15, 0.2) is 0 Å². The van der Waals surface area contributed by atoms with Crippen LogP contribution in [0.3, 0.4) is 0 Å². The number of fused-ring (bicyclic) bond motifs is 2. The number of nitrogens with one attached hydrogen (secondary N) is 2. The van der Waals surface area contributed by atoms with Crippen molar-refractivity contribution in [3.05, 3.63) is 117 Å². The van der Waals surface area contributed by atoms with Gasteiger partial charge >= 0.3 is 5.63 Å².